The van der Waals surface area contributed by atoms with E-state index in [0.29, 0.717) is 4.90 Å². The van der Waals surface area contributed by atoms with Gasteiger partial charge in [0.2, 0.25) is 11.5 Å². The summed E-state index contributed by atoms with van der Waals surface area (Å²) in [7, 11) is 3.49. The van der Waals surface area contributed by atoms with Gasteiger partial charge >= 0.3 is 11.9 Å². The van der Waals surface area contributed by atoms with Crippen molar-refractivity contribution in [2.45, 2.75) is 6.18 Å². The molecular weight excluding hydrogens is 361 g/mol. The Morgan fingerprint density at radius 2 is 1.85 bits per heavy atom. The van der Waals surface area contributed by atoms with Crippen LogP contribution < -0.4 is 14.2 Å². The molecule has 0 saturated heterocycles. The number of rotatable bonds is 8. The number of benzene rings is 1. The summed E-state index contributed by atoms with van der Waals surface area (Å²) in [5, 5.41) is 11.5. The molecule has 0 spiro atoms. The summed E-state index contributed by atoms with van der Waals surface area (Å²) in [6, 6.07) is 0.939. The molecule has 0 aromatic heterocycles. The lowest BCUT2D eigenvalue weighted by Gasteiger charge is -2.23. The zero-order valence-corrected chi connectivity index (χ0v) is 14.3. The maximum absolute atomic E-state index is 12.7. The van der Waals surface area contributed by atoms with Crippen molar-refractivity contribution in [2.24, 2.45) is 0 Å². The molecule has 0 aliphatic rings. The van der Waals surface area contributed by atoms with Crippen molar-refractivity contribution in [3.8, 4) is 17.2 Å². The molecular formula is C15H17F3N2O6. The van der Waals surface area contributed by atoms with E-state index < -0.39 is 47.1 Å². The van der Waals surface area contributed by atoms with Crippen molar-refractivity contribution < 1.29 is 37.1 Å². The second kappa shape index (κ2) is 8.41. The third-order valence-corrected chi connectivity index (χ3v) is 3.22. The topological polar surface area (TPSA) is 91.1 Å². The van der Waals surface area contributed by atoms with Crippen LogP contribution in [0.4, 0.5) is 18.9 Å². The van der Waals surface area contributed by atoms with E-state index in [1.54, 1.807) is 0 Å². The minimum atomic E-state index is -4.70. The monoisotopic (exact) mass is 378 g/mol. The Morgan fingerprint density at radius 3 is 2.23 bits per heavy atom. The van der Waals surface area contributed by atoms with Gasteiger partial charge < -0.3 is 19.1 Å². The number of nitrogens with zero attached hydrogens (tertiary/aromatic N) is 2. The lowest BCUT2D eigenvalue weighted by molar-refractivity contribution is -0.386. The molecule has 0 saturated carbocycles. The van der Waals surface area contributed by atoms with E-state index in [0.717, 1.165) is 19.3 Å². The van der Waals surface area contributed by atoms with Gasteiger partial charge in [-0.05, 0) is 0 Å². The summed E-state index contributed by atoms with van der Waals surface area (Å²) >= 11 is 0. The Labute approximate surface area is 146 Å². The molecule has 0 atom stereocenters. The molecule has 0 fully saturated rings. The maximum atomic E-state index is 12.7. The largest absolute Gasteiger partial charge is 0.493 e. The van der Waals surface area contributed by atoms with E-state index in [9.17, 15) is 28.1 Å². The third kappa shape index (κ3) is 4.55. The molecule has 8 nitrogen and oxygen atoms in total. The number of methoxy groups -OCH3 is 3. The van der Waals surface area contributed by atoms with Crippen LogP contribution in [0.15, 0.2) is 18.7 Å². The van der Waals surface area contributed by atoms with Crippen LogP contribution in [0.25, 0.3) is 0 Å². The number of ether oxygens (including phenoxy) is 3. The van der Waals surface area contributed by atoms with Gasteiger partial charge in [0.05, 0.1) is 26.3 Å². The summed E-state index contributed by atoms with van der Waals surface area (Å²) in [5.41, 5.74) is -1.46. The van der Waals surface area contributed by atoms with E-state index >= 15 is 0 Å². The first-order valence-corrected chi connectivity index (χ1v) is 7.05. The van der Waals surface area contributed by atoms with Gasteiger partial charge in [0.1, 0.15) is 12.1 Å². The average Bonchev–Trinajstić information content (AvgIpc) is 2.57. The van der Waals surface area contributed by atoms with E-state index in [1.165, 1.54) is 14.2 Å². The van der Waals surface area contributed by atoms with Gasteiger partial charge in [0.25, 0.3) is 5.91 Å². The molecule has 0 heterocycles. The van der Waals surface area contributed by atoms with Gasteiger partial charge in [0, 0.05) is 12.6 Å². The highest BCUT2D eigenvalue weighted by atomic mass is 19.4. The lowest BCUT2D eigenvalue weighted by atomic mass is 10.1. The Balaban J connectivity index is 3.65. The lowest BCUT2D eigenvalue weighted by Crippen LogP contribution is -2.39. The molecule has 0 unspecified atom stereocenters. The van der Waals surface area contributed by atoms with E-state index in [1.807, 2.05) is 0 Å². The van der Waals surface area contributed by atoms with Crippen LogP contribution >= 0.6 is 0 Å². The predicted molar refractivity (Wildman–Crippen MR) is 84.9 cm³/mol. The van der Waals surface area contributed by atoms with Crippen molar-refractivity contribution in [1.29, 1.82) is 0 Å². The zero-order valence-electron chi connectivity index (χ0n) is 14.3. The van der Waals surface area contributed by atoms with Crippen LogP contribution in [0, 0.1) is 10.1 Å². The third-order valence-electron chi connectivity index (χ3n) is 3.22. The highest BCUT2D eigenvalue weighted by Gasteiger charge is 2.38. The smallest absolute Gasteiger partial charge is 0.406 e. The molecule has 0 radical (unpaired) electrons. The normalized spacial score (nSPS) is 10.8. The number of halogens is 3. The summed E-state index contributed by atoms with van der Waals surface area (Å²) in [5.74, 6) is -1.94. The molecule has 144 valence electrons. The molecule has 1 amide bonds. The average molecular weight is 378 g/mol. The summed E-state index contributed by atoms with van der Waals surface area (Å²) in [6.07, 6.45) is -3.62. The number of amides is 1. The number of nitro groups is 1. The summed E-state index contributed by atoms with van der Waals surface area (Å²) in [6.45, 7) is 1.22. The van der Waals surface area contributed by atoms with Gasteiger partial charge in [-0.2, -0.15) is 13.2 Å². The fourth-order valence-electron chi connectivity index (χ4n) is 2.25. The van der Waals surface area contributed by atoms with Gasteiger partial charge in [-0.15, -0.1) is 6.58 Å². The second-order valence-electron chi connectivity index (χ2n) is 4.89. The summed E-state index contributed by atoms with van der Waals surface area (Å²) in [4.78, 5) is 23.5. The van der Waals surface area contributed by atoms with Crippen molar-refractivity contribution in [1.82, 2.24) is 4.90 Å². The zero-order chi connectivity index (χ0) is 20.1. The molecule has 0 aliphatic carbocycles. The van der Waals surface area contributed by atoms with Crippen LogP contribution in [0.3, 0.4) is 0 Å². The minimum Gasteiger partial charge on any atom is -0.493 e. The van der Waals surface area contributed by atoms with Gasteiger partial charge in [-0.25, -0.2) is 0 Å². The first-order valence-electron chi connectivity index (χ1n) is 7.05. The highest BCUT2D eigenvalue weighted by Crippen LogP contribution is 2.46. The fourth-order valence-corrected chi connectivity index (χ4v) is 2.25. The molecule has 0 N–H and O–H groups in total. The summed E-state index contributed by atoms with van der Waals surface area (Å²) < 4.78 is 53.2. The van der Waals surface area contributed by atoms with E-state index in [-0.39, 0.29) is 11.5 Å². The number of hydrogen-bond acceptors (Lipinski definition) is 6. The molecule has 1 aromatic carbocycles. The Bertz CT molecular complexity index is 706. The van der Waals surface area contributed by atoms with E-state index in [2.05, 4.69) is 6.58 Å². The van der Waals surface area contributed by atoms with Crippen molar-refractivity contribution >= 4 is 11.6 Å². The van der Waals surface area contributed by atoms with Crippen LogP contribution in [0.2, 0.25) is 0 Å². The molecule has 11 heteroatoms. The van der Waals surface area contributed by atoms with E-state index in [4.69, 9.17) is 14.2 Å². The number of carbonyl (C=O) groups is 1. The van der Waals surface area contributed by atoms with Crippen molar-refractivity contribution in [3.05, 3.63) is 34.4 Å². The molecule has 1 rings (SSSR count). The van der Waals surface area contributed by atoms with Crippen LogP contribution in [-0.2, 0) is 0 Å². The molecule has 1 aromatic rings. The van der Waals surface area contributed by atoms with Gasteiger partial charge in [-0.3, -0.25) is 14.9 Å². The number of hydrogen-bond donors (Lipinski definition) is 0. The predicted octanol–water partition coefficient (Wildman–Crippen LogP) is 2.81. The van der Waals surface area contributed by atoms with Crippen LogP contribution in [0.1, 0.15) is 10.4 Å². The highest BCUT2D eigenvalue weighted by molar-refractivity contribution is 6.00. The fraction of sp³-hybridized carbons (Fsp3) is 0.400. The maximum Gasteiger partial charge on any atom is 0.406 e. The number of carbonyl (C=O) groups excluding carboxylic acids is 1. The van der Waals surface area contributed by atoms with Crippen LogP contribution in [0.5, 0.6) is 17.2 Å². The minimum absolute atomic E-state index is 0.108. The molecule has 0 aliphatic heterocycles. The molecule has 26 heavy (non-hydrogen) atoms. The van der Waals surface area contributed by atoms with Crippen LogP contribution in [-0.4, -0.2) is 56.3 Å². The standard InChI is InChI=1S/C15H17F3N2O6/c1-5-6-19(8-15(16,17)18)14(21)9-7-10(24-2)12(25-3)13(26-4)11(9)20(22)23/h5,7H,1,6,8H2,2-4H3. The Hall–Kier alpha value is -2.98. The van der Waals surface area contributed by atoms with Crippen molar-refractivity contribution in [3.63, 3.8) is 0 Å². The van der Waals surface area contributed by atoms with Gasteiger partial charge in [0.15, 0.2) is 5.75 Å². The first kappa shape index (κ1) is 21.1. The Morgan fingerprint density at radius 1 is 1.27 bits per heavy atom. The first-order chi connectivity index (χ1) is 12.1. The quantitative estimate of drug-likeness (QED) is 0.392. The SMILES string of the molecule is C=CCN(CC(F)(F)F)C(=O)c1cc(OC)c(OC)c(OC)c1[N+](=O)[O-]. The number of nitro benzene ring substituents is 1. The second-order valence-corrected chi connectivity index (χ2v) is 4.89. The Kier molecular flexibility index (Phi) is 6.81. The van der Waals surface area contributed by atoms with Gasteiger partial charge in [-0.1, -0.05) is 6.08 Å². The number of alkyl halides is 3. The molecule has 0 bridgehead atoms. The van der Waals surface area contributed by atoms with Crippen molar-refractivity contribution in [2.75, 3.05) is 34.4 Å².